The number of benzene rings is 2. The first kappa shape index (κ1) is 18.9. The maximum atomic E-state index is 10.5. The van der Waals surface area contributed by atoms with Gasteiger partial charge in [0.1, 0.15) is 0 Å². The molecule has 0 fully saturated rings. The summed E-state index contributed by atoms with van der Waals surface area (Å²) in [7, 11) is 0. The smallest absolute Gasteiger partial charge is 0.335 e. The maximum Gasteiger partial charge on any atom is 0.335 e. The zero-order valence-corrected chi connectivity index (χ0v) is 14.3. The van der Waals surface area contributed by atoms with E-state index in [9.17, 15) is 9.59 Å². The van der Waals surface area contributed by atoms with Crippen molar-refractivity contribution < 1.29 is 19.8 Å². The van der Waals surface area contributed by atoms with E-state index in [4.69, 9.17) is 10.2 Å². The number of pyridine rings is 1. The molecule has 3 aromatic rings. The van der Waals surface area contributed by atoms with E-state index >= 15 is 0 Å². The highest BCUT2D eigenvalue weighted by atomic mass is 16.4. The van der Waals surface area contributed by atoms with Crippen LogP contribution in [-0.2, 0) is 6.42 Å². The monoisotopic (exact) mass is 349 g/mol. The molecule has 0 aliphatic rings. The fraction of sp³-hybridized carbons (Fsp3) is 0.0952. The van der Waals surface area contributed by atoms with Crippen molar-refractivity contribution in [2.75, 3.05) is 0 Å². The molecule has 0 saturated carbocycles. The number of rotatable bonds is 4. The molecule has 26 heavy (non-hydrogen) atoms. The number of carbonyl (C=O) groups is 2. The molecule has 0 spiro atoms. The minimum atomic E-state index is -1.12. The lowest BCUT2D eigenvalue weighted by Gasteiger charge is -1.99. The van der Waals surface area contributed by atoms with Crippen molar-refractivity contribution in [2.45, 2.75) is 13.3 Å². The molecule has 0 radical (unpaired) electrons. The van der Waals surface area contributed by atoms with Gasteiger partial charge < -0.3 is 10.2 Å². The molecule has 2 N–H and O–H groups in total. The van der Waals surface area contributed by atoms with Gasteiger partial charge >= 0.3 is 11.9 Å². The minimum Gasteiger partial charge on any atom is -0.478 e. The molecule has 0 aliphatic heterocycles. The topological polar surface area (TPSA) is 87.5 Å². The molecule has 5 heteroatoms. The largest absolute Gasteiger partial charge is 0.478 e. The number of carboxylic acid groups (broad SMARTS) is 2. The van der Waals surface area contributed by atoms with Gasteiger partial charge in [0.15, 0.2) is 0 Å². The lowest BCUT2D eigenvalue weighted by molar-refractivity contribution is 0.0696. The van der Waals surface area contributed by atoms with Crippen LogP contribution in [0.25, 0.3) is 0 Å². The third-order valence-corrected chi connectivity index (χ3v) is 3.53. The average molecular weight is 349 g/mol. The Morgan fingerprint density at radius 1 is 0.846 bits per heavy atom. The molecule has 1 aromatic heterocycles. The number of aryl methyl sites for hydroxylation is 1. The molecule has 0 unspecified atom stereocenters. The lowest BCUT2D eigenvalue weighted by Crippen LogP contribution is -2.02. The standard InChI is InChI=1S/C12H11N.C9H8O4/c1-2-6-11(7-3-1)10-12-8-4-5-9-13-12;1-5-2-6(8(10)11)4-7(3-5)9(12)13/h1-9H,10H2;2-4H,1H3,(H,10,11)(H,12,13). The van der Waals surface area contributed by atoms with Crippen LogP contribution in [0.1, 0.15) is 37.5 Å². The first-order valence-electron chi connectivity index (χ1n) is 7.98. The molecular weight excluding hydrogens is 330 g/mol. The van der Waals surface area contributed by atoms with Crippen LogP contribution < -0.4 is 0 Å². The summed E-state index contributed by atoms with van der Waals surface area (Å²) in [5.41, 5.74) is 3.04. The summed E-state index contributed by atoms with van der Waals surface area (Å²) < 4.78 is 0. The van der Waals surface area contributed by atoms with Crippen molar-refractivity contribution in [3.05, 3.63) is 101 Å². The number of aromatic carboxylic acids is 2. The summed E-state index contributed by atoms with van der Waals surface area (Å²) in [5, 5.41) is 17.2. The quantitative estimate of drug-likeness (QED) is 0.741. The number of hydrogen-bond donors (Lipinski definition) is 2. The second kappa shape index (κ2) is 9.13. The predicted octanol–water partition coefficient (Wildman–Crippen LogP) is 4.06. The maximum absolute atomic E-state index is 10.5. The molecule has 132 valence electrons. The summed E-state index contributed by atoms with van der Waals surface area (Å²) in [4.78, 5) is 25.3. The highest BCUT2D eigenvalue weighted by Crippen LogP contribution is 2.09. The lowest BCUT2D eigenvalue weighted by atomic mass is 10.1. The summed E-state index contributed by atoms with van der Waals surface area (Å²) >= 11 is 0. The van der Waals surface area contributed by atoms with Gasteiger partial charge in [0.2, 0.25) is 0 Å². The van der Waals surface area contributed by atoms with E-state index < -0.39 is 11.9 Å². The Labute approximate surface area is 151 Å². The Hall–Kier alpha value is -3.47. The Kier molecular flexibility index (Phi) is 6.62. The van der Waals surface area contributed by atoms with Crippen molar-refractivity contribution in [2.24, 2.45) is 0 Å². The van der Waals surface area contributed by atoms with Crippen LogP contribution in [0.3, 0.4) is 0 Å². The van der Waals surface area contributed by atoms with E-state index in [-0.39, 0.29) is 11.1 Å². The second-order valence-corrected chi connectivity index (χ2v) is 5.68. The molecule has 2 aromatic carbocycles. The molecule has 3 rings (SSSR count). The fourth-order valence-electron chi connectivity index (χ4n) is 2.34. The number of hydrogen-bond acceptors (Lipinski definition) is 3. The predicted molar refractivity (Wildman–Crippen MR) is 98.6 cm³/mol. The summed E-state index contributed by atoms with van der Waals surface area (Å²) in [6.45, 7) is 1.65. The van der Waals surface area contributed by atoms with E-state index in [1.165, 1.54) is 17.7 Å². The van der Waals surface area contributed by atoms with Crippen LogP contribution >= 0.6 is 0 Å². The summed E-state index contributed by atoms with van der Waals surface area (Å²) in [6, 6.07) is 20.4. The first-order chi connectivity index (χ1) is 12.5. The summed E-state index contributed by atoms with van der Waals surface area (Å²) in [5.74, 6) is -2.24. The molecular formula is C21H19NO4. The van der Waals surface area contributed by atoms with E-state index in [2.05, 4.69) is 29.2 Å². The molecule has 0 saturated heterocycles. The van der Waals surface area contributed by atoms with Crippen molar-refractivity contribution in [3.63, 3.8) is 0 Å². The van der Waals surface area contributed by atoms with Crippen molar-refractivity contribution in [3.8, 4) is 0 Å². The van der Waals surface area contributed by atoms with Crippen LogP contribution in [0.4, 0.5) is 0 Å². The Bertz CT molecular complexity index is 807. The molecule has 1 heterocycles. The third-order valence-electron chi connectivity index (χ3n) is 3.53. The van der Waals surface area contributed by atoms with Crippen molar-refractivity contribution in [1.29, 1.82) is 0 Å². The Morgan fingerprint density at radius 2 is 1.42 bits per heavy atom. The zero-order valence-electron chi connectivity index (χ0n) is 14.3. The van der Waals surface area contributed by atoms with Gasteiger partial charge in [-0.1, -0.05) is 36.4 Å². The summed E-state index contributed by atoms with van der Waals surface area (Å²) in [6.07, 6.45) is 2.75. The molecule has 0 aliphatic carbocycles. The zero-order chi connectivity index (χ0) is 18.9. The van der Waals surface area contributed by atoms with Crippen LogP contribution in [-0.4, -0.2) is 27.1 Å². The van der Waals surface area contributed by atoms with Gasteiger partial charge in [0.25, 0.3) is 0 Å². The Morgan fingerprint density at radius 3 is 1.92 bits per heavy atom. The minimum absolute atomic E-state index is 0.00241. The van der Waals surface area contributed by atoms with Crippen LogP contribution in [0.15, 0.2) is 72.9 Å². The number of carboxylic acids is 2. The van der Waals surface area contributed by atoms with Gasteiger partial charge in [-0.2, -0.15) is 0 Å². The van der Waals surface area contributed by atoms with Crippen LogP contribution in [0.5, 0.6) is 0 Å². The molecule has 5 nitrogen and oxygen atoms in total. The second-order valence-electron chi connectivity index (χ2n) is 5.68. The normalized spacial score (nSPS) is 9.73. The van der Waals surface area contributed by atoms with Gasteiger partial charge in [-0.05, 0) is 48.4 Å². The van der Waals surface area contributed by atoms with Crippen molar-refractivity contribution in [1.82, 2.24) is 4.98 Å². The van der Waals surface area contributed by atoms with E-state index in [0.29, 0.717) is 5.56 Å². The van der Waals surface area contributed by atoms with Crippen LogP contribution in [0, 0.1) is 6.92 Å². The average Bonchev–Trinajstić information content (AvgIpc) is 2.63. The van der Waals surface area contributed by atoms with Gasteiger partial charge in [-0.15, -0.1) is 0 Å². The fourth-order valence-corrected chi connectivity index (χ4v) is 2.34. The third kappa shape index (κ3) is 5.87. The van der Waals surface area contributed by atoms with Gasteiger partial charge in [-0.25, -0.2) is 9.59 Å². The Balaban J connectivity index is 0.000000187. The van der Waals surface area contributed by atoms with Crippen LogP contribution in [0.2, 0.25) is 0 Å². The molecule has 0 amide bonds. The van der Waals surface area contributed by atoms with E-state index in [1.54, 1.807) is 6.92 Å². The highest BCUT2D eigenvalue weighted by molar-refractivity contribution is 5.94. The first-order valence-corrected chi connectivity index (χ1v) is 7.98. The number of nitrogens with zero attached hydrogens (tertiary/aromatic N) is 1. The van der Waals surface area contributed by atoms with Gasteiger partial charge in [0, 0.05) is 18.3 Å². The SMILES string of the molecule is Cc1cc(C(=O)O)cc(C(=O)O)c1.c1ccc(Cc2ccccn2)cc1. The van der Waals surface area contributed by atoms with Crippen molar-refractivity contribution >= 4 is 11.9 Å². The van der Waals surface area contributed by atoms with Gasteiger partial charge in [-0.3, -0.25) is 4.98 Å². The number of aromatic nitrogens is 1. The van der Waals surface area contributed by atoms with E-state index in [1.807, 2.05) is 30.5 Å². The molecule has 0 atom stereocenters. The van der Waals surface area contributed by atoms with E-state index in [0.717, 1.165) is 18.2 Å². The highest BCUT2D eigenvalue weighted by Gasteiger charge is 2.09. The molecule has 0 bridgehead atoms. The van der Waals surface area contributed by atoms with Gasteiger partial charge in [0.05, 0.1) is 11.1 Å².